The molecule has 0 aliphatic carbocycles. The standard InChI is InChI=1S/C24H30N2O7S/c1-5-6-22(28)25-18-9-7-17(8-10-18)21(27)15-33-24(29)23(16(2)3)26-34(30,31)20-13-11-19(32-4)12-14-20/h7-14,16,23,26H,5-6,15H2,1-4H3,(H,25,28)/t23-/m0/s1. The number of anilines is 1. The van der Waals surface area contributed by atoms with Crippen LogP contribution in [-0.2, 0) is 24.3 Å². The third kappa shape index (κ3) is 7.67. The molecule has 0 spiro atoms. The first-order chi connectivity index (χ1) is 16.1. The van der Waals surface area contributed by atoms with E-state index in [1.165, 1.54) is 43.5 Å². The van der Waals surface area contributed by atoms with E-state index in [0.717, 1.165) is 6.42 Å². The lowest BCUT2D eigenvalue weighted by atomic mass is 10.1. The number of nitrogens with one attached hydrogen (secondary N) is 2. The molecule has 9 nitrogen and oxygen atoms in total. The van der Waals surface area contributed by atoms with Gasteiger partial charge in [-0.3, -0.25) is 14.4 Å². The molecule has 0 aliphatic rings. The van der Waals surface area contributed by atoms with E-state index >= 15 is 0 Å². The van der Waals surface area contributed by atoms with Gasteiger partial charge in [0, 0.05) is 17.7 Å². The fraction of sp³-hybridized carbons (Fsp3) is 0.375. The van der Waals surface area contributed by atoms with E-state index in [9.17, 15) is 22.8 Å². The Morgan fingerprint density at radius 2 is 1.59 bits per heavy atom. The second-order valence-electron chi connectivity index (χ2n) is 7.92. The van der Waals surface area contributed by atoms with Crippen LogP contribution in [0.5, 0.6) is 5.75 Å². The first-order valence-corrected chi connectivity index (χ1v) is 12.3. The second kappa shape index (κ2) is 12.3. The SMILES string of the molecule is CCCC(=O)Nc1ccc(C(=O)COC(=O)[C@@H](NS(=O)(=O)c2ccc(OC)cc2)C(C)C)cc1. The largest absolute Gasteiger partial charge is 0.497 e. The summed E-state index contributed by atoms with van der Waals surface area (Å²) in [6.07, 6.45) is 1.12. The Morgan fingerprint density at radius 1 is 0.971 bits per heavy atom. The van der Waals surface area contributed by atoms with Crippen LogP contribution in [0.4, 0.5) is 5.69 Å². The Labute approximate surface area is 199 Å². The van der Waals surface area contributed by atoms with Crippen LogP contribution in [0.2, 0.25) is 0 Å². The summed E-state index contributed by atoms with van der Waals surface area (Å²) >= 11 is 0. The summed E-state index contributed by atoms with van der Waals surface area (Å²) < 4.78 is 37.9. The van der Waals surface area contributed by atoms with Crippen molar-refractivity contribution in [2.24, 2.45) is 5.92 Å². The molecule has 0 saturated carbocycles. The van der Waals surface area contributed by atoms with Gasteiger partial charge in [0.05, 0.1) is 12.0 Å². The van der Waals surface area contributed by atoms with Crippen LogP contribution in [0.1, 0.15) is 44.0 Å². The summed E-state index contributed by atoms with van der Waals surface area (Å²) in [7, 11) is -2.54. The monoisotopic (exact) mass is 490 g/mol. The van der Waals surface area contributed by atoms with Gasteiger partial charge in [-0.15, -0.1) is 0 Å². The van der Waals surface area contributed by atoms with E-state index in [0.29, 0.717) is 23.4 Å². The van der Waals surface area contributed by atoms with Crippen molar-refractivity contribution in [2.45, 2.75) is 44.6 Å². The quantitative estimate of drug-likeness (QED) is 0.345. The number of benzene rings is 2. The Hall–Kier alpha value is -3.24. The van der Waals surface area contributed by atoms with Crippen LogP contribution >= 0.6 is 0 Å². The van der Waals surface area contributed by atoms with Gasteiger partial charge in [0.15, 0.2) is 12.4 Å². The number of ketones is 1. The fourth-order valence-electron chi connectivity index (χ4n) is 2.95. The molecule has 0 heterocycles. The molecule has 34 heavy (non-hydrogen) atoms. The predicted molar refractivity (Wildman–Crippen MR) is 127 cm³/mol. The van der Waals surface area contributed by atoms with Crippen molar-refractivity contribution >= 4 is 33.4 Å². The van der Waals surface area contributed by atoms with Crippen molar-refractivity contribution in [2.75, 3.05) is 19.0 Å². The number of amides is 1. The van der Waals surface area contributed by atoms with Gasteiger partial charge in [0.1, 0.15) is 11.8 Å². The van der Waals surface area contributed by atoms with Gasteiger partial charge in [-0.05, 0) is 60.9 Å². The summed E-state index contributed by atoms with van der Waals surface area (Å²) in [5, 5.41) is 2.72. The summed E-state index contributed by atoms with van der Waals surface area (Å²) in [5.41, 5.74) is 0.848. The molecular weight excluding hydrogens is 460 g/mol. The van der Waals surface area contributed by atoms with Crippen molar-refractivity contribution in [1.29, 1.82) is 0 Å². The lowest BCUT2D eigenvalue weighted by molar-refractivity contribution is -0.145. The van der Waals surface area contributed by atoms with Gasteiger partial charge in [-0.2, -0.15) is 4.72 Å². The maximum atomic E-state index is 12.7. The highest BCUT2D eigenvalue weighted by atomic mass is 32.2. The molecule has 0 aliphatic heterocycles. The topological polar surface area (TPSA) is 128 Å². The Bertz CT molecular complexity index is 1100. The molecule has 1 amide bonds. The smallest absolute Gasteiger partial charge is 0.324 e. The molecule has 0 saturated heterocycles. The van der Waals surface area contributed by atoms with Crippen molar-refractivity contribution in [3.05, 3.63) is 54.1 Å². The normalized spacial score (nSPS) is 12.1. The van der Waals surface area contributed by atoms with Gasteiger partial charge in [-0.1, -0.05) is 20.8 Å². The van der Waals surface area contributed by atoms with Crippen LogP contribution in [-0.4, -0.2) is 45.8 Å². The Morgan fingerprint density at radius 3 is 2.12 bits per heavy atom. The van der Waals surface area contributed by atoms with E-state index in [1.54, 1.807) is 26.0 Å². The minimum atomic E-state index is -4.01. The second-order valence-corrected chi connectivity index (χ2v) is 9.64. The molecule has 2 rings (SSSR count). The number of carbonyl (C=O) groups is 3. The molecule has 2 aromatic rings. The maximum Gasteiger partial charge on any atom is 0.324 e. The summed E-state index contributed by atoms with van der Waals surface area (Å²) in [6.45, 7) is 4.68. The zero-order valence-corrected chi connectivity index (χ0v) is 20.5. The number of Topliss-reactive ketones (excluding diaryl/α,β-unsaturated/α-hetero) is 1. The third-order valence-corrected chi connectivity index (χ3v) is 6.34. The first-order valence-electron chi connectivity index (χ1n) is 10.8. The highest BCUT2D eigenvalue weighted by Crippen LogP contribution is 2.17. The van der Waals surface area contributed by atoms with E-state index < -0.39 is 40.3 Å². The lowest BCUT2D eigenvalue weighted by Gasteiger charge is -2.20. The number of ether oxygens (including phenoxy) is 2. The number of carbonyl (C=O) groups excluding carboxylic acids is 3. The number of hydrogen-bond donors (Lipinski definition) is 2. The molecule has 1 atom stereocenters. The fourth-order valence-corrected chi connectivity index (χ4v) is 4.28. The molecule has 0 bridgehead atoms. The average molecular weight is 491 g/mol. The highest BCUT2D eigenvalue weighted by molar-refractivity contribution is 7.89. The van der Waals surface area contributed by atoms with Crippen LogP contribution in [0.15, 0.2) is 53.4 Å². The summed E-state index contributed by atoms with van der Waals surface area (Å²) in [4.78, 5) is 36.7. The van der Waals surface area contributed by atoms with Crippen LogP contribution in [0, 0.1) is 5.92 Å². The molecule has 2 aromatic carbocycles. The minimum Gasteiger partial charge on any atom is -0.497 e. The molecule has 2 N–H and O–H groups in total. The minimum absolute atomic E-state index is 0.0334. The summed E-state index contributed by atoms with van der Waals surface area (Å²) in [6, 6.07) is 10.7. The number of esters is 1. The van der Waals surface area contributed by atoms with Gasteiger partial charge in [0.2, 0.25) is 15.9 Å². The first kappa shape index (κ1) is 27.0. The van der Waals surface area contributed by atoms with Crippen LogP contribution in [0.3, 0.4) is 0 Å². The number of sulfonamides is 1. The lowest BCUT2D eigenvalue weighted by Crippen LogP contribution is -2.45. The predicted octanol–water partition coefficient (Wildman–Crippen LogP) is 3.16. The van der Waals surface area contributed by atoms with E-state index in [1.807, 2.05) is 6.92 Å². The van der Waals surface area contributed by atoms with Gasteiger partial charge < -0.3 is 14.8 Å². The molecule has 0 fully saturated rings. The highest BCUT2D eigenvalue weighted by Gasteiger charge is 2.30. The van der Waals surface area contributed by atoms with Crippen molar-refractivity contribution in [1.82, 2.24) is 4.72 Å². The van der Waals surface area contributed by atoms with Crippen molar-refractivity contribution in [3.63, 3.8) is 0 Å². The molecule has 10 heteroatoms. The van der Waals surface area contributed by atoms with Crippen molar-refractivity contribution in [3.8, 4) is 5.75 Å². The number of hydrogen-bond acceptors (Lipinski definition) is 7. The molecule has 0 aromatic heterocycles. The van der Waals surface area contributed by atoms with Crippen LogP contribution in [0.25, 0.3) is 0 Å². The van der Waals surface area contributed by atoms with E-state index in [2.05, 4.69) is 10.0 Å². The Kier molecular flexibility index (Phi) is 9.76. The zero-order valence-electron chi connectivity index (χ0n) is 19.7. The van der Waals surface area contributed by atoms with Crippen molar-refractivity contribution < 1.29 is 32.3 Å². The van der Waals surface area contributed by atoms with Gasteiger partial charge in [0.25, 0.3) is 0 Å². The molecular formula is C24H30N2O7S. The third-order valence-electron chi connectivity index (χ3n) is 4.89. The van der Waals surface area contributed by atoms with E-state index in [-0.39, 0.29) is 10.8 Å². The molecule has 184 valence electrons. The maximum absolute atomic E-state index is 12.7. The number of rotatable bonds is 12. The Balaban J connectivity index is 2.00. The van der Waals surface area contributed by atoms with Crippen LogP contribution < -0.4 is 14.8 Å². The zero-order chi connectivity index (χ0) is 25.3. The average Bonchev–Trinajstić information content (AvgIpc) is 2.81. The molecule has 0 radical (unpaired) electrons. The molecule has 0 unspecified atom stereocenters. The van der Waals surface area contributed by atoms with Gasteiger partial charge in [-0.25, -0.2) is 8.42 Å². The summed E-state index contributed by atoms with van der Waals surface area (Å²) in [5.74, 6) is -1.37. The van der Waals surface area contributed by atoms with E-state index in [4.69, 9.17) is 9.47 Å². The van der Waals surface area contributed by atoms with Gasteiger partial charge >= 0.3 is 5.97 Å². The number of methoxy groups -OCH3 is 1.